The number of hydrogen-bond acceptors (Lipinski definition) is 4. The van der Waals surface area contributed by atoms with Gasteiger partial charge in [0.2, 0.25) is 6.10 Å². The maximum atomic E-state index is 12.0. The molecule has 1 heterocycles. The highest BCUT2D eigenvalue weighted by atomic mass is 16.6. The largest absolute Gasteiger partial charge is 0.474 e. The second kappa shape index (κ2) is 4.65. The van der Waals surface area contributed by atoms with Gasteiger partial charge in [-0.15, -0.1) is 0 Å². The van der Waals surface area contributed by atoms with Crippen molar-refractivity contribution in [1.82, 2.24) is 0 Å². The van der Waals surface area contributed by atoms with Gasteiger partial charge in [-0.1, -0.05) is 30.3 Å². The van der Waals surface area contributed by atoms with E-state index in [-0.39, 0.29) is 11.6 Å². The first kappa shape index (κ1) is 12.2. The lowest BCUT2D eigenvalue weighted by atomic mass is 10.1. The third kappa shape index (κ3) is 2.07. The number of hydrogen-bond donors (Lipinski definition) is 1. The average molecular weight is 270 g/mol. The van der Waals surface area contributed by atoms with Crippen LogP contribution in [-0.4, -0.2) is 10.8 Å². The van der Waals surface area contributed by atoms with E-state index in [1.165, 1.54) is 18.2 Å². The molecular formula is C14H10N2O4. The fourth-order valence-corrected chi connectivity index (χ4v) is 2.06. The SMILES string of the molecule is O=C1Nc2cc([N+](=O)[O-])ccc2OC1c1ccccc1. The summed E-state index contributed by atoms with van der Waals surface area (Å²) < 4.78 is 5.63. The topological polar surface area (TPSA) is 81.5 Å². The highest BCUT2D eigenvalue weighted by molar-refractivity contribution is 5.98. The van der Waals surface area contributed by atoms with Gasteiger partial charge in [0, 0.05) is 17.7 Å². The van der Waals surface area contributed by atoms with Gasteiger partial charge in [0.05, 0.1) is 10.6 Å². The molecule has 1 aliphatic heterocycles. The van der Waals surface area contributed by atoms with Crippen LogP contribution < -0.4 is 10.1 Å². The smallest absolute Gasteiger partial charge is 0.271 e. The molecule has 0 saturated heterocycles. The molecule has 6 heteroatoms. The number of carbonyl (C=O) groups is 1. The maximum absolute atomic E-state index is 12.0. The number of amides is 1. The van der Waals surface area contributed by atoms with Gasteiger partial charge in [-0.3, -0.25) is 14.9 Å². The molecule has 1 atom stereocenters. The Bertz CT molecular complexity index is 685. The van der Waals surface area contributed by atoms with Crippen molar-refractivity contribution in [2.45, 2.75) is 6.10 Å². The molecule has 0 aromatic heterocycles. The van der Waals surface area contributed by atoms with Crippen LogP contribution in [-0.2, 0) is 4.79 Å². The molecule has 0 radical (unpaired) electrons. The molecule has 0 saturated carbocycles. The summed E-state index contributed by atoms with van der Waals surface area (Å²) in [5, 5.41) is 13.3. The minimum absolute atomic E-state index is 0.0918. The van der Waals surface area contributed by atoms with Gasteiger partial charge in [-0.2, -0.15) is 0 Å². The summed E-state index contributed by atoms with van der Waals surface area (Å²) in [4.78, 5) is 22.2. The van der Waals surface area contributed by atoms with Gasteiger partial charge < -0.3 is 10.1 Å². The Labute approximate surface area is 114 Å². The first-order valence-corrected chi connectivity index (χ1v) is 5.96. The van der Waals surface area contributed by atoms with E-state index in [1.807, 2.05) is 18.2 Å². The van der Waals surface area contributed by atoms with E-state index < -0.39 is 11.0 Å². The number of anilines is 1. The quantitative estimate of drug-likeness (QED) is 0.671. The van der Waals surface area contributed by atoms with Crippen LogP contribution in [0.4, 0.5) is 11.4 Å². The number of nitro groups is 1. The zero-order valence-corrected chi connectivity index (χ0v) is 10.3. The molecule has 1 N–H and O–H groups in total. The molecule has 1 unspecified atom stereocenters. The first-order chi connectivity index (χ1) is 9.65. The van der Waals surface area contributed by atoms with Crippen LogP contribution in [0.15, 0.2) is 48.5 Å². The van der Waals surface area contributed by atoms with Crippen molar-refractivity contribution in [2.75, 3.05) is 5.32 Å². The highest BCUT2D eigenvalue weighted by Crippen LogP contribution is 2.36. The van der Waals surface area contributed by atoms with E-state index >= 15 is 0 Å². The summed E-state index contributed by atoms with van der Waals surface area (Å²) in [6.45, 7) is 0. The molecule has 6 nitrogen and oxygen atoms in total. The Morgan fingerprint density at radius 3 is 2.60 bits per heavy atom. The van der Waals surface area contributed by atoms with Gasteiger partial charge in [-0.25, -0.2) is 0 Å². The van der Waals surface area contributed by atoms with E-state index in [0.29, 0.717) is 11.4 Å². The number of nitrogens with one attached hydrogen (secondary N) is 1. The predicted molar refractivity (Wildman–Crippen MR) is 71.5 cm³/mol. The predicted octanol–water partition coefficient (Wildman–Crippen LogP) is 2.67. The summed E-state index contributed by atoms with van der Waals surface area (Å²) in [6, 6.07) is 13.2. The molecule has 20 heavy (non-hydrogen) atoms. The molecule has 0 aliphatic carbocycles. The summed E-state index contributed by atoms with van der Waals surface area (Å²) >= 11 is 0. The van der Waals surface area contributed by atoms with E-state index in [2.05, 4.69) is 5.32 Å². The molecule has 1 aliphatic rings. The molecule has 2 aromatic rings. The van der Waals surface area contributed by atoms with Crippen LogP contribution in [0, 0.1) is 10.1 Å². The molecule has 0 bridgehead atoms. The molecule has 0 spiro atoms. The first-order valence-electron chi connectivity index (χ1n) is 5.96. The van der Waals surface area contributed by atoms with Gasteiger partial charge in [0.15, 0.2) is 0 Å². The number of fused-ring (bicyclic) bond motifs is 1. The minimum Gasteiger partial charge on any atom is -0.474 e. The standard InChI is InChI=1S/C14H10N2O4/c17-14-13(9-4-2-1-3-5-9)20-12-7-6-10(16(18)19)8-11(12)15-14/h1-8,13H,(H,15,17). The number of ether oxygens (including phenoxy) is 1. The van der Waals surface area contributed by atoms with Crippen molar-refractivity contribution in [3.05, 3.63) is 64.2 Å². The zero-order chi connectivity index (χ0) is 14.1. The number of benzene rings is 2. The van der Waals surface area contributed by atoms with Crippen molar-refractivity contribution in [3.8, 4) is 5.75 Å². The Kier molecular flexibility index (Phi) is 2.83. The number of non-ortho nitro benzene ring substituents is 1. The molecule has 3 rings (SSSR count). The van der Waals surface area contributed by atoms with E-state index in [0.717, 1.165) is 5.56 Å². The van der Waals surface area contributed by atoms with Crippen LogP contribution >= 0.6 is 0 Å². The van der Waals surface area contributed by atoms with Crippen LogP contribution in [0.1, 0.15) is 11.7 Å². The zero-order valence-electron chi connectivity index (χ0n) is 10.3. The van der Waals surface area contributed by atoms with Gasteiger partial charge in [0.1, 0.15) is 5.75 Å². The molecule has 1 amide bonds. The van der Waals surface area contributed by atoms with Gasteiger partial charge in [0.25, 0.3) is 11.6 Å². The van der Waals surface area contributed by atoms with Crippen molar-refractivity contribution < 1.29 is 14.5 Å². The normalized spacial score (nSPS) is 16.8. The average Bonchev–Trinajstić information content (AvgIpc) is 2.46. The van der Waals surface area contributed by atoms with E-state index in [1.54, 1.807) is 12.1 Å². The number of carbonyl (C=O) groups excluding carboxylic acids is 1. The van der Waals surface area contributed by atoms with Gasteiger partial charge >= 0.3 is 0 Å². The third-order valence-corrected chi connectivity index (χ3v) is 3.02. The van der Waals surface area contributed by atoms with Crippen LogP contribution in [0.2, 0.25) is 0 Å². The van der Waals surface area contributed by atoms with Crippen molar-refractivity contribution >= 4 is 17.3 Å². The minimum atomic E-state index is -0.745. The van der Waals surface area contributed by atoms with Crippen molar-refractivity contribution in [3.63, 3.8) is 0 Å². The Morgan fingerprint density at radius 1 is 1.15 bits per heavy atom. The molecular weight excluding hydrogens is 260 g/mol. The Balaban J connectivity index is 1.95. The second-order valence-electron chi connectivity index (χ2n) is 4.34. The maximum Gasteiger partial charge on any atom is 0.271 e. The lowest BCUT2D eigenvalue weighted by Crippen LogP contribution is -2.30. The van der Waals surface area contributed by atoms with E-state index in [9.17, 15) is 14.9 Å². The lowest BCUT2D eigenvalue weighted by molar-refractivity contribution is -0.384. The molecule has 2 aromatic carbocycles. The Hall–Kier alpha value is -2.89. The fourth-order valence-electron chi connectivity index (χ4n) is 2.06. The van der Waals surface area contributed by atoms with Crippen LogP contribution in [0.25, 0.3) is 0 Å². The van der Waals surface area contributed by atoms with Crippen molar-refractivity contribution in [1.29, 1.82) is 0 Å². The number of nitrogens with zero attached hydrogens (tertiary/aromatic N) is 1. The Morgan fingerprint density at radius 2 is 1.90 bits per heavy atom. The summed E-state index contributed by atoms with van der Waals surface area (Å²) in [5.41, 5.74) is 0.955. The molecule has 0 fully saturated rings. The number of rotatable bonds is 2. The molecule has 100 valence electrons. The van der Waals surface area contributed by atoms with Crippen LogP contribution in [0.3, 0.4) is 0 Å². The monoisotopic (exact) mass is 270 g/mol. The van der Waals surface area contributed by atoms with Crippen molar-refractivity contribution in [2.24, 2.45) is 0 Å². The summed E-state index contributed by atoms with van der Waals surface area (Å²) in [5.74, 6) is 0.0771. The van der Waals surface area contributed by atoms with Crippen LogP contribution in [0.5, 0.6) is 5.75 Å². The summed E-state index contributed by atoms with van der Waals surface area (Å²) in [6.07, 6.45) is -0.745. The number of nitro benzene ring substituents is 1. The second-order valence-corrected chi connectivity index (χ2v) is 4.34. The fraction of sp³-hybridized carbons (Fsp3) is 0.0714. The third-order valence-electron chi connectivity index (χ3n) is 3.02. The van der Waals surface area contributed by atoms with Gasteiger partial charge in [-0.05, 0) is 6.07 Å². The summed E-state index contributed by atoms with van der Waals surface area (Å²) in [7, 11) is 0. The highest BCUT2D eigenvalue weighted by Gasteiger charge is 2.29. The van der Waals surface area contributed by atoms with E-state index in [4.69, 9.17) is 4.74 Å². The lowest BCUT2D eigenvalue weighted by Gasteiger charge is -2.25.